The molecule has 1 aliphatic rings. The van der Waals surface area contributed by atoms with Gasteiger partial charge in [-0.15, -0.1) is 11.8 Å². The largest absolute Gasteiger partial charge is 0.465 e. The Kier molecular flexibility index (Phi) is 8.20. The molecule has 0 unspecified atom stereocenters. The van der Waals surface area contributed by atoms with Crippen LogP contribution in [0.1, 0.15) is 77.6 Å². The minimum Gasteiger partial charge on any atom is -0.465 e. The molecule has 10 heteroatoms. The number of nitrogens with zero attached hydrogens (tertiary/aromatic N) is 5. The average Bonchev–Trinajstić information content (AvgIpc) is 3.28. The molecule has 1 aliphatic heterocycles. The Morgan fingerprint density at radius 3 is 2.37 bits per heavy atom. The summed E-state index contributed by atoms with van der Waals surface area (Å²) in [5.41, 5.74) is 1.87. The first kappa shape index (κ1) is 27.8. The van der Waals surface area contributed by atoms with E-state index in [2.05, 4.69) is 13.8 Å². The van der Waals surface area contributed by atoms with E-state index < -0.39 is 17.8 Å². The van der Waals surface area contributed by atoms with Gasteiger partial charge in [-0.1, -0.05) is 44.2 Å². The summed E-state index contributed by atoms with van der Waals surface area (Å²) in [6.45, 7) is 12.7. The van der Waals surface area contributed by atoms with E-state index in [0.717, 1.165) is 29.1 Å². The van der Waals surface area contributed by atoms with Crippen LogP contribution in [0.25, 0.3) is 5.65 Å². The second kappa shape index (κ2) is 11.2. The molecule has 1 aromatic carbocycles. The number of fused-ring (bicyclic) bond motifs is 1. The number of aromatic nitrogens is 3. The van der Waals surface area contributed by atoms with E-state index in [-0.39, 0.29) is 17.2 Å². The first-order chi connectivity index (χ1) is 17.9. The maximum Gasteiger partial charge on any atom is 0.416 e. The summed E-state index contributed by atoms with van der Waals surface area (Å²) in [5.74, 6) is 0.647. The first-order valence-electron chi connectivity index (χ1n) is 13.0. The molecule has 1 saturated heterocycles. The van der Waals surface area contributed by atoms with E-state index in [1.807, 2.05) is 74.8 Å². The molecule has 3 heterocycles. The highest BCUT2D eigenvalue weighted by Gasteiger charge is 2.33. The molecule has 2 amide bonds. The first-order valence-corrected chi connectivity index (χ1v) is 13.9. The van der Waals surface area contributed by atoms with Gasteiger partial charge in [0.2, 0.25) is 0 Å². The maximum absolute atomic E-state index is 13.7. The molecule has 38 heavy (non-hydrogen) atoms. The van der Waals surface area contributed by atoms with Crippen molar-refractivity contribution in [2.45, 2.75) is 82.2 Å². The Hall–Kier alpha value is -3.27. The number of carbonyl (C=O) groups excluding carboxylic acids is 1. The fourth-order valence-electron chi connectivity index (χ4n) is 4.57. The topological polar surface area (TPSA) is 100 Å². The van der Waals surface area contributed by atoms with Crippen LogP contribution < -0.4 is 4.90 Å². The number of carboxylic acid groups (broad SMARTS) is 1. The number of likely N-dealkylation sites (tertiary alicyclic amines) is 1. The van der Waals surface area contributed by atoms with Crippen LogP contribution in [0.5, 0.6) is 0 Å². The number of thioether (sulfide) groups is 1. The molecule has 0 bridgehead atoms. The zero-order valence-corrected chi connectivity index (χ0v) is 23.7. The Labute approximate surface area is 228 Å². The van der Waals surface area contributed by atoms with Gasteiger partial charge >= 0.3 is 12.2 Å². The van der Waals surface area contributed by atoms with Crippen LogP contribution in [0.3, 0.4) is 0 Å². The summed E-state index contributed by atoms with van der Waals surface area (Å²) in [4.78, 5) is 37.8. The lowest BCUT2D eigenvalue weighted by Crippen LogP contribution is -2.39. The highest BCUT2D eigenvalue weighted by molar-refractivity contribution is 7.99. The quantitative estimate of drug-likeness (QED) is 0.377. The standard InChI is InChI=1S/C28H37N5O4S/c1-18(2)22-16-29-24-25(30-23(17-32(22)24)38-21-12-14-31(15-13-21)26(34)35)33(27(36)37-28(4,5)6)19(3)20-10-8-7-9-11-20/h7-11,16-19,21H,12-15H2,1-6H3,(H,34,35)/t19-/m0/s1. The van der Waals surface area contributed by atoms with E-state index in [0.29, 0.717) is 24.6 Å². The number of piperidine rings is 1. The van der Waals surface area contributed by atoms with Gasteiger partial charge in [0.1, 0.15) is 10.6 Å². The normalized spacial score (nSPS) is 15.6. The second-order valence-corrected chi connectivity index (χ2v) is 12.3. The molecule has 4 rings (SSSR count). The van der Waals surface area contributed by atoms with Crippen LogP contribution in [-0.4, -0.2) is 60.5 Å². The summed E-state index contributed by atoms with van der Waals surface area (Å²) < 4.78 is 7.89. The summed E-state index contributed by atoms with van der Waals surface area (Å²) in [7, 11) is 0. The zero-order valence-electron chi connectivity index (χ0n) is 22.9. The number of anilines is 1. The Bertz CT molecular complexity index is 1280. The number of ether oxygens (including phenoxy) is 1. The zero-order chi connectivity index (χ0) is 27.6. The van der Waals surface area contributed by atoms with Crippen LogP contribution >= 0.6 is 11.8 Å². The fourth-order valence-corrected chi connectivity index (χ4v) is 5.66. The van der Waals surface area contributed by atoms with Crippen LogP contribution in [0.4, 0.5) is 15.4 Å². The molecule has 1 atom stereocenters. The summed E-state index contributed by atoms with van der Waals surface area (Å²) in [5, 5.41) is 10.3. The molecular weight excluding hydrogens is 502 g/mol. The van der Waals surface area contributed by atoms with Gasteiger partial charge in [0.05, 0.1) is 6.04 Å². The van der Waals surface area contributed by atoms with Crippen molar-refractivity contribution in [2.75, 3.05) is 18.0 Å². The molecule has 0 aliphatic carbocycles. The van der Waals surface area contributed by atoms with Gasteiger partial charge in [-0.3, -0.25) is 9.30 Å². The number of benzene rings is 1. The van der Waals surface area contributed by atoms with Gasteiger partial charge in [0.15, 0.2) is 11.5 Å². The molecule has 0 saturated carbocycles. The van der Waals surface area contributed by atoms with E-state index >= 15 is 0 Å². The minimum absolute atomic E-state index is 0.207. The van der Waals surface area contributed by atoms with Gasteiger partial charge < -0.3 is 14.7 Å². The van der Waals surface area contributed by atoms with Crippen molar-refractivity contribution < 1.29 is 19.4 Å². The lowest BCUT2D eigenvalue weighted by atomic mass is 10.1. The molecule has 1 fully saturated rings. The molecular formula is C28H37N5O4S. The highest BCUT2D eigenvalue weighted by atomic mass is 32.2. The Balaban J connectivity index is 1.79. The molecule has 204 valence electrons. The lowest BCUT2D eigenvalue weighted by Gasteiger charge is -2.32. The number of carbonyl (C=O) groups is 2. The molecule has 9 nitrogen and oxygen atoms in total. The van der Waals surface area contributed by atoms with Gasteiger partial charge in [-0.2, -0.15) is 0 Å². The predicted molar refractivity (Wildman–Crippen MR) is 149 cm³/mol. The van der Waals surface area contributed by atoms with Gasteiger partial charge in [-0.25, -0.2) is 19.6 Å². The summed E-state index contributed by atoms with van der Waals surface area (Å²) in [6.07, 6.45) is 3.93. The molecule has 2 aromatic heterocycles. The Morgan fingerprint density at radius 2 is 1.79 bits per heavy atom. The van der Waals surface area contributed by atoms with Crippen LogP contribution in [0.15, 0.2) is 47.8 Å². The second-order valence-electron chi connectivity index (χ2n) is 11.0. The highest BCUT2D eigenvalue weighted by Crippen LogP contribution is 2.36. The smallest absolute Gasteiger partial charge is 0.416 e. The van der Waals surface area contributed by atoms with Crippen LogP contribution in [-0.2, 0) is 4.74 Å². The van der Waals surface area contributed by atoms with Gasteiger partial charge in [0, 0.05) is 36.4 Å². The Morgan fingerprint density at radius 1 is 1.13 bits per heavy atom. The minimum atomic E-state index is -0.877. The van der Waals surface area contributed by atoms with Gasteiger partial charge in [0.25, 0.3) is 0 Å². The fraction of sp³-hybridized carbons (Fsp3) is 0.500. The number of amides is 2. The van der Waals surface area contributed by atoms with E-state index in [1.54, 1.807) is 16.7 Å². The third kappa shape index (κ3) is 6.23. The van der Waals surface area contributed by atoms with Crippen molar-refractivity contribution in [3.8, 4) is 0 Å². The average molecular weight is 540 g/mol. The van der Waals surface area contributed by atoms with Gasteiger partial charge in [-0.05, 0) is 52.0 Å². The third-order valence-corrected chi connectivity index (χ3v) is 7.80. The van der Waals surface area contributed by atoms with Crippen LogP contribution in [0.2, 0.25) is 0 Å². The predicted octanol–water partition coefficient (Wildman–Crippen LogP) is 6.59. The molecule has 0 spiro atoms. The SMILES string of the molecule is CC(C)c1cnc2c(N(C(=O)OC(C)(C)C)[C@@H](C)c3ccccc3)nc(SC3CCN(C(=O)O)CC3)cn12. The molecule has 0 radical (unpaired) electrons. The van der Waals surface area contributed by atoms with Crippen molar-refractivity contribution in [2.24, 2.45) is 0 Å². The van der Waals surface area contributed by atoms with E-state index in [4.69, 9.17) is 14.7 Å². The number of rotatable bonds is 6. The number of hydrogen-bond donors (Lipinski definition) is 1. The van der Waals surface area contributed by atoms with Crippen molar-refractivity contribution >= 4 is 35.4 Å². The van der Waals surface area contributed by atoms with E-state index in [9.17, 15) is 14.7 Å². The number of imidazole rings is 1. The van der Waals surface area contributed by atoms with Crippen molar-refractivity contribution in [1.29, 1.82) is 0 Å². The summed E-state index contributed by atoms with van der Waals surface area (Å²) >= 11 is 1.62. The van der Waals surface area contributed by atoms with Crippen molar-refractivity contribution in [3.63, 3.8) is 0 Å². The van der Waals surface area contributed by atoms with E-state index in [1.165, 1.54) is 4.90 Å². The summed E-state index contributed by atoms with van der Waals surface area (Å²) in [6, 6.07) is 9.45. The number of hydrogen-bond acceptors (Lipinski definition) is 6. The lowest BCUT2D eigenvalue weighted by molar-refractivity contribution is 0.0566. The van der Waals surface area contributed by atoms with Crippen LogP contribution in [0, 0.1) is 0 Å². The molecule has 3 aromatic rings. The van der Waals surface area contributed by atoms with Crippen molar-refractivity contribution in [1.82, 2.24) is 19.3 Å². The molecule has 1 N–H and O–H groups in total. The maximum atomic E-state index is 13.7. The monoisotopic (exact) mass is 539 g/mol. The van der Waals surface area contributed by atoms with Crippen molar-refractivity contribution in [3.05, 3.63) is 54.0 Å². The third-order valence-electron chi connectivity index (χ3n) is 6.56.